The molecule has 0 unspecified atom stereocenters. The highest BCUT2D eigenvalue weighted by atomic mass is 17.2. The molecule has 80 valence electrons. The van der Waals surface area contributed by atoms with Crippen molar-refractivity contribution in [2.24, 2.45) is 0 Å². The first-order chi connectivity index (χ1) is 7.31. The van der Waals surface area contributed by atoms with Crippen molar-refractivity contribution in [2.45, 2.75) is 0 Å². The molecule has 0 fully saturated rings. The van der Waals surface area contributed by atoms with Crippen LogP contribution < -0.4 is 9.62 Å². The number of ether oxygens (including phenoxy) is 1. The number of benzene rings is 1. The molecule has 0 bridgehead atoms. The van der Waals surface area contributed by atoms with Gasteiger partial charge in [-0.05, 0) is 18.2 Å². The highest BCUT2D eigenvalue weighted by Crippen LogP contribution is 2.27. The number of rotatable bonds is 6. The molecule has 1 aromatic rings. The van der Waals surface area contributed by atoms with Crippen molar-refractivity contribution in [2.75, 3.05) is 13.7 Å². The molecule has 1 rings (SSSR count). The van der Waals surface area contributed by atoms with Gasteiger partial charge in [0.05, 0.1) is 7.11 Å². The lowest BCUT2D eigenvalue weighted by Gasteiger charge is -2.08. The second-order valence-electron chi connectivity index (χ2n) is 2.68. The summed E-state index contributed by atoms with van der Waals surface area (Å²) in [6.45, 7) is 3.76. The van der Waals surface area contributed by atoms with Gasteiger partial charge < -0.3 is 9.62 Å². The molecule has 0 saturated heterocycles. The predicted octanol–water partition coefficient (Wildman–Crippen LogP) is 2.00. The molecule has 0 aliphatic rings. The van der Waals surface area contributed by atoms with Gasteiger partial charge in [-0.1, -0.05) is 6.08 Å². The Morgan fingerprint density at radius 3 is 2.80 bits per heavy atom. The molecule has 0 atom stereocenters. The van der Waals surface area contributed by atoms with E-state index in [4.69, 9.17) is 14.5 Å². The van der Waals surface area contributed by atoms with Gasteiger partial charge in [0.15, 0.2) is 5.75 Å². The number of carbonyl (C=O) groups excluding carboxylic acids is 1. The van der Waals surface area contributed by atoms with Crippen LogP contribution in [-0.2, 0) is 4.89 Å². The smallest absolute Gasteiger partial charge is 0.207 e. The Kier molecular flexibility index (Phi) is 4.37. The number of hydrogen-bond acceptors (Lipinski definition) is 4. The zero-order chi connectivity index (χ0) is 11.1. The van der Waals surface area contributed by atoms with Gasteiger partial charge in [-0.2, -0.15) is 4.89 Å². The molecule has 0 aliphatic carbocycles. The molecule has 1 aromatic carbocycles. The molecule has 0 N–H and O–H groups in total. The fourth-order valence-electron chi connectivity index (χ4n) is 0.972. The van der Waals surface area contributed by atoms with Crippen LogP contribution in [0.5, 0.6) is 11.5 Å². The van der Waals surface area contributed by atoms with Crippen LogP contribution in [0.25, 0.3) is 0 Å². The van der Waals surface area contributed by atoms with Crippen LogP contribution in [0, 0.1) is 0 Å². The molecule has 0 aliphatic heterocycles. The number of hydrogen-bond donors (Lipinski definition) is 0. The van der Waals surface area contributed by atoms with Gasteiger partial charge in [0.1, 0.15) is 12.9 Å². The maximum atomic E-state index is 10.5. The lowest BCUT2D eigenvalue weighted by Crippen LogP contribution is -1.99. The standard InChI is InChI=1S/C11H12O4/c1-3-6-14-15-10-5-4-9(8-12)7-11(10)13-2/h3-5,7-8H,1,6H2,2H3. The minimum Gasteiger partial charge on any atom is -0.493 e. The van der Waals surface area contributed by atoms with Crippen LogP contribution in [0.2, 0.25) is 0 Å². The monoisotopic (exact) mass is 208 g/mol. The van der Waals surface area contributed by atoms with Gasteiger partial charge in [-0.3, -0.25) is 4.79 Å². The van der Waals surface area contributed by atoms with Crippen LogP contribution in [-0.4, -0.2) is 20.0 Å². The Morgan fingerprint density at radius 1 is 1.40 bits per heavy atom. The van der Waals surface area contributed by atoms with E-state index in [0.29, 0.717) is 17.1 Å². The topological polar surface area (TPSA) is 44.8 Å². The fraction of sp³-hybridized carbons (Fsp3) is 0.182. The van der Waals surface area contributed by atoms with Crippen molar-refractivity contribution in [3.63, 3.8) is 0 Å². The molecular weight excluding hydrogens is 196 g/mol. The summed E-state index contributed by atoms with van der Waals surface area (Å²) in [6.07, 6.45) is 2.29. The summed E-state index contributed by atoms with van der Waals surface area (Å²) in [6, 6.07) is 4.79. The quantitative estimate of drug-likeness (QED) is 0.236. The van der Waals surface area contributed by atoms with Gasteiger partial charge in [-0.25, -0.2) is 0 Å². The third-order valence-electron chi connectivity index (χ3n) is 1.66. The van der Waals surface area contributed by atoms with Gasteiger partial charge in [-0.15, -0.1) is 6.58 Å². The minimum absolute atomic E-state index is 0.276. The van der Waals surface area contributed by atoms with Crippen molar-refractivity contribution in [3.05, 3.63) is 36.4 Å². The largest absolute Gasteiger partial charge is 0.493 e. The molecule has 0 saturated carbocycles. The third-order valence-corrected chi connectivity index (χ3v) is 1.66. The summed E-state index contributed by atoms with van der Waals surface area (Å²) < 4.78 is 5.03. The van der Waals surface area contributed by atoms with E-state index in [1.807, 2.05) is 0 Å². The zero-order valence-electron chi connectivity index (χ0n) is 8.43. The van der Waals surface area contributed by atoms with Crippen LogP contribution in [0.3, 0.4) is 0 Å². The Morgan fingerprint density at radius 2 is 2.20 bits per heavy atom. The SMILES string of the molecule is C=CCOOc1ccc(C=O)cc1OC. The summed E-state index contributed by atoms with van der Waals surface area (Å²) in [5.41, 5.74) is 0.517. The van der Waals surface area contributed by atoms with E-state index < -0.39 is 0 Å². The van der Waals surface area contributed by atoms with Crippen LogP contribution in [0.1, 0.15) is 10.4 Å². The van der Waals surface area contributed by atoms with E-state index in [-0.39, 0.29) is 6.61 Å². The van der Waals surface area contributed by atoms with Gasteiger partial charge in [0, 0.05) is 5.56 Å². The van der Waals surface area contributed by atoms with Crippen LogP contribution >= 0.6 is 0 Å². The second-order valence-corrected chi connectivity index (χ2v) is 2.68. The first-order valence-corrected chi connectivity index (χ1v) is 4.35. The van der Waals surface area contributed by atoms with Gasteiger partial charge in [0.25, 0.3) is 0 Å². The maximum absolute atomic E-state index is 10.5. The Labute approximate surface area is 88.0 Å². The molecular formula is C11H12O4. The summed E-state index contributed by atoms with van der Waals surface area (Å²) in [5, 5.41) is 0. The molecule has 0 spiro atoms. The average Bonchev–Trinajstić information content (AvgIpc) is 2.29. The zero-order valence-corrected chi connectivity index (χ0v) is 8.43. The minimum atomic E-state index is 0.276. The van der Waals surface area contributed by atoms with Crippen molar-refractivity contribution < 1.29 is 19.3 Å². The van der Waals surface area contributed by atoms with E-state index in [1.165, 1.54) is 7.11 Å². The summed E-state index contributed by atoms with van der Waals surface area (Å²) >= 11 is 0. The Bertz CT molecular complexity index is 346. The molecule has 0 heterocycles. The van der Waals surface area contributed by atoms with Crippen LogP contribution in [0.4, 0.5) is 0 Å². The lowest BCUT2D eigenvalue weighted by atomic mass is 10.2. The molecule has 0 radical (unpaired) electrons. The average molecular weight is 208 g/mol. The summed E-state index contributed by atoms with van der Waals surface area (Å²) in [4.78, 5) is 20.3. The van der Waals surface area contributed by atoms with Crippen molar-refractivity contribution in [1.82, 2.24) is 0 Å². The van der Waals surface area contributed by atoms with Crippen molar-refractivity contribution in [3.8, 4) is 11.5 Å². The highest BCUT2D eigenvalue weighted by Gasteiger charge is 2.05. The predicted molar refractivity (Wildman–Crippen MR) is 55.2 cm³/mol. The van der Waals surface area contributed by atoms with E-state index in [9.17, 15) is 4.79 Å². The van der Waals surface area contributed by atoms with Gasteiger partial charge >= 0.3 is 0 Å². The number of carbonyl (C=O) groups is 1. The lowest BCUT2D eigenvalue weighted by molar-refractivity contribution is -0.196. The Balaban J connectivity index is 2.77. The highest BCUT2D eigenvalue weighted by molar-refractivity contribution is 5.76. The van der Waals surface area contributed by atoms with Gasteiger partial charge in [0.2, 0.25) is 5.75 Å². The van der Waals surface area contributed by atoms with E-state index >= 15 is 0 Å². The van der Waals surface area contributed by atoms with Crippen LogP contribution in [0.15, 0.2) is 30.9 Å². The first kappa shape index (κ1) is 11.3. The van der Waals surface area contributed by atoms with Crippen molar-refractivity contribution >= 4 is 6.29 Å². The summed E-state index contributed by atoms with van der Waals surface area (Å²) in [7, 11) is 1.49. The molecule has 0 amide bonds. The van der Waals surface area contributed by atoms with E-state index in [2.05, 4.69) is 6.58 Å². The number of aldehydes is 1. The second kappa shape index (κ2) is 5.82. The fourth-order valence-corrected chi connectivity index (χ4v) is 0.972. The Hall–Kier alpha value is -1.81. The number of methoxy groups -OCH3 is 1. The van der Waals surface area contributed by atoms with Crippen molar-refractivity contribution in [1.29, 1.82) is 0 Å². The normalized spacial score (nSPS) is 9.40. The molecule has 0 aromatic heterocycles. The van der Waals surface area contributed by atoms with E-state index in [1.54, 1.807) is 24.3 Å². The maximum Gasteiger partial charge on any atom is 0.207 e. The molecule has 15 heavy (non-hydrogen) atoms. The molecule has 4 heteroatoms. The third kappa shape index (κ3) is 3.11. The first-order valence-electron chi connectivity index (χ1n) is 4.35. The van der Waals surface area contributed by atoms with E-state index in [0.717, 1.165) is 6.29 Å². The molecule has 4 nitrogen and oxygen atoms in total. The summed E-state index contributed by atoms with van der Waals surface area (Å²) in [5.74, 6) is 0.869.